The summed E-state index contributed by atoms with van der Waals surface area (Å²) in [7, 11) is 0. The Kier molecular flexibility index (Phi) is 8.87. The molecule has 0 bridgehead atoms. The van der Waals surface area contributed by atoms with Gasteiger partial charge in [-0.15, -0.1) is 16.8 Å². The number of thioether (sulfide) groups is 1. The number of carbonyl (C=O) groups excluding carboxylic acids is 2. The van der Waals surface area contributed by atoms with Crippen LogP contribution < -0.4 is 10.6 Å². The first-order chi connectivity index (χ1) is 16.7. The van der Waals surface area contributed by atoms with E-state index in [-0.39, 0.29) is 29.5 Å². The number of nitrogens with one attached hydrogen (secondary N) is 2. The Hall–Kier alpha value is -3.39. The maximum atomic E-state index is 12.9. The van der Waals surface area contributed by atoms with Crippen LogP contribution in [0.5, 0.6) is 0 Å². The van der Waals surface area contributed by atoms with Gasteiger partial charge >= 0.3 is 0 Å². The number of rotatable bonds is 10. The summed E-state index contributed by atoms with van der Waals surface area (Å²) in [6.45, 7) is 14.3. The molecule has 3 aromatic rings. The molecule has 2 amide bonds. The van der Waals surface area contributed by atoms with E-state index < -0.39 is 0 Å². The number of carbonyl (C=O) groups is 2. The molecule has 7 nitrogen and oxygen atoms in total. The van der Waals surface area contributed by atoms with Gasteiger partial charge in [0, 0.05) is 17.8 Å². The van der Waals surface area contributed by atoms with Gasteiger partial charge in [0.2, 0.25) is 5.91 Å². The molecule has 8 heteroatoms. The molecule has 0 spiro atoms. The summed E-state index contributed by atoms with van der Waals surface area (Å²) >= 11 is 1.31. The minimum Gasteiger partial charge on any atom is -0.342 e. The van der Waals surface area contributed by atoms with Gasteiger partial charge in [0.05, 0.1) is 11.8 Å². The van der Waals surface area contributed by atoms with Gasteiger partial charge in [-0.25, -0.2) is 0 Å². The average Bonchev–Trinajstić information content (AvgIpc) is 3.21. The van der Waals surface area contributed by atoms with E-state index in [4.69, 9.17) is 0 Å². The van der Waals surface area contributed by atoms with Crippen LogP contribution in [0.2, 0.25) is 0 Å². The van der Waals surface area contributed by atoms with Gasteiger partial charge in [0.15, 0.2) is 11.0 Å². The molecular weight excluding hydrogens is 458 g/mol. The first-order valence-electron chi connectivity index (χ1n) is 11.6. The first-order valence-corrected chi connectivity index (χ1v) is 12.6. The monoisotopic (exact) mass is 491 g/mol. The second kappa shape index (κ2) is 11.8. The number of hydrogen-bond donors (Lipinski definition) is 2. The van der Waals surface area contributed by atoms with E-state index in [1.54, 1.807) is 6.08 Å². The van der Waals surface area contributed by atoms with E-state index in [1.807, 2.05) is 81.7 Å². The topological polar surface area (TPSA) is 88.9 Å². The fraction of sp³-hybridized carbons (Fsp3) is 0.333. The molecule has 0 aliphatic rings. The summed E-state index contributed by atoms with van der Waals surface area (Å²) in [6, 6.07) is 13.0. The Morgan fingerprint density at radius 1 is 1.06 bits per heavy atom. The van der Waals surface area contributed by atoms with Gasteiger partial charge in [-0.3, -0.25) is 9.59 Å². The van der Waals surface area contributed by atoms with Gasteiger partial charge in [-0.2, -0.15) is 0 Å². The number of benzene rings is 2. The molecular formula is C27H33N5O2S. The molecule has 0 aliphatic heterocycles. The van der Waals surface area contributed by atoms with Crippen LogP contribution in [-0.4, -0.2) is 32.3 Å². The molecule has 0 unspecified atom stereocenters. The van der Waals surface area contributed by atoms with Crippen LogP contribution in [0.1, 0.15) is 52.8 Å². The van der Waals surface area contributed by atoms with Crippen LogP contribution in [-0.2, 0) is 11.3 Å². The van der Waals surface area contributed by atoms with Crippen molar-refractivity contribution in [3.63, 3.8) is 0 Å². The summed E-state index contributed by atoms with van der Waals surface area (Å²) in [4.78, 5) is 25.6. The summed E-state index contributed by atoms with van der Waals surface area (Å²) in [6.07, 6.45) is 1.76. The van der Waals surface area contributed by atoms with Crippen molar-refractivity contribution in [2.24, 2.45) is 5.92 Å². The zero-order valence-electron chi connectivity index (χ0n) is 21.0. The molecule has 2 N–H and O–H groups in total. The molecule has 0 saturated heterocycles. The maximum absolute atomic E-state index is 12.9. The molecule has 2 aromatic carbocycles. The van der Waals surface area contributed by atoms with Gasteiger partial charge in [-0.1, -0.05) is 67.6 Å². The molecule has 184 valence electrons. The number of hydrogen-bond acceptors (Lipinski definition) is 5. The lowest BCUT2D eigenvalue weighted by Gasteiger charge is -2.22. The van der Waals surface area contributed by atoms with E-state index in [2.05, 4.69) is 27.4 Å². The van der Waals surface area contributed by atoms with Crippen molar-refractivity contribution >= 4 is 29.3 Å². The number of aromatic nitrogens is 3. The molecule has 0 fully saturated rings. The summed E-state index contributed by atoms with van der Waals surface area (Å²) in [5.74, 6) is 0.611. The van der Waals surface area contributed by atoms with Crippen molar-refractivity contribution in [2.75, 3.05) is 11.1 Å². The van der Waals surface area contributed by atoms with Crippen molar-refractivity contribution < 1.29 is 9.59 Å². The SMILES string of the molecule is C=CCn1c(SCC(=O)Nc2c(C)cccc2C)nnc1[C@@H](NC(=O)c1ccc(C)cc1)C(C)C. The molecule has 1 atom stereocenters. The van der Waals surface area contributed by atoms with E-state index in [9.17, 15) is 9.59 Å². The van der Waals surface area contributed by atoms with Gasteiger partial charge < -0.3 is 15.2 Å². The van der Waals surface area contributed by atoms with E-state index in [0.717, 1.165) is 22.4 Å². The molecule has 0 saturated carbocycles. The quantitative estimate of drug-likeness (QED) is 0.299. The fourth-order valence-electron chi connectivity index (χ4n) is 3.71. The van der Waals surface area contributed by atoms with Gasteiger partial charge in [0.25, 0.3) is 5.91 Å². The van der Waals surface area contributed by atoms with Crippen molar-refractivity contribution in [3.05, 3.63) is 83.2 Å². The van der Waals surface area contributed by atoms with Crippen LogP contribution >= 0.6 is 11.8 Å². The Morgan fingerprint density at radius 3 is 2.31 bits per heavy atom. The normalized spacial score (nSPS) is 11.8. The predicted octanol–water partition coefficient (Wildman–Crippen LogP) is 5.25. The van der Waals surface area contributed by atoms with Crippen molar-refractivity contribution in [2.45, 2.75) is 52.4 Å². The van der Waals surface area contributed by atoms with E-state index >= 15 is 0 Å². The van der Waals surface area contributed by atoms with Crippen LogP contribution in [0.15, 0.2) is 60.3 Å². The summed E-state index contributed by atoms with van der Waals surface area (Å²) < 4.78 is 1.91. The third kappa shape index (κ3) is 6.60. The summed E-state index contributed by atoms with van der Waals surface area (Å²) in [5, 5.41) is 15.5. The number of amides is 2. The number of para-hydroxylation sites is 1. The number of nitrogens with zero attached hydrogens (tertiary/aromatic N) is 3. The molecule has 0 aliphatic carbocycles. The molecule has 0 radical (unpaired) electrons. The van der Waals surface area contributed by atoms with Crippen LogP contribution in [0.3, 0.4) is 0 Å². The average molecular weight is 492 g/mol. The lowest BCUT2D eigenvalue weighted by atomic mass is 10.0. The second-order valence-electron chi connectivity index (χ2n) is 8.90. The lowest BCUT2D eigenvalue weighted by Crippen LogP contribution is -2.33. The predicted molar refractivity (Wildman–Crippen MR) is 142 cm³/mol. The Labute approximate surface area is 211 Å². The van der Waals surface area contributed by atoms with Crippen LogP contribution in [0.4, 0.5) is 5.69 Å². The number of allylic oxidation sites excluding steroid dienone is 1. The first kappa shape index (κ1) is 26.2. The molecule has 35 heavy (non-hydrogen) atoms. The zero-order valence-corrected chi connectivity index (χ0v) is 21.8. The third-order valence-corrected chi connectivity index (χ3v) is 6.65. The standard InChI is InChI=1S/C27H33N5O2S/c1-7-15-32-25(23(17(2)3)29-26(34)21-13-11-18(4)12-14-21)30-31-27(32)35-16-22(33)28-24-19(5)9-8-10-20(24)6/h7-14,17,23H,1,15-16H2,2-6H3,(H,28,33)(H,29,34)/t23-/m0/s1. The Bertz CT molecular complexity index is 1180. The Morgan fingerprint density at radius 2 is 1.71 bits per heavy atom. The van der Waals surface area contributed by atoms with E-state index in [1.165, 1.54) is 11.8 Å². The highest BCUT2D eigenvalue weighted by atomic mass is 32.2. The zero-order chi connectivity index (χ0) is 25.5. The summed E-state index contributed by atoms with van der Waals surface area (Å²) in [5.41, 5.74) is 4.56. The highest BCUT2D eigenvalue weighted by Crippen LogP contribution is 2.26. The number of anilines is 1. The van der Waals surface area contributed by atoms with Gasteiger partial charge in [-0.05, 0) is 49.9 Å². The largest absolute Gasteiger partial charge is 0.342 e. The van der Waals surface area contributed by atoms with E-state index in [0.29, 0.717) is 23.1 Å². The maximum Gasteiger partial charge on any atom is 0.251 e. The highest BCUT2D eigenvalue weighted by Gasteiger charge is 2.26. The van der Waals surface area contributed by atoms with Crippen molar-refractivity contribution in [1.82, 2.24) is 20.1 Å². The van der Waals surface area contributed by atoms with Gasteiger partial charge in [0.1, 0.15) is 0 Å². The minimum atomic E-state index is -0.353. The highest BCUT2D eigenvalue weighted by molar-refractivity contribution is 7.99. The molecule has 3 rings (SSSR count). The molecule has 1 heterocycles. The van der Waals surface area contributed by atoms with Crippen LogP contribution in [0.25, 0.3) is 0 Å². The molecule has 1 aromatic heterocycles. The number of aryl methyl sites for hydroxylation is 3. The van der Waals surface area contributed by atoms with Crippen LogP contribution in [0, 0.1) is 26.7 Å². The Balaban J connectivity index is 1.76. The third-order valence-electron chi connectivity index (χ3n) is 5.68. The van der Waals surface area contributed by atoms with Crippen molar-refractivity contribution in [1.29, 1.82) is 0 Å². The lowest BCUT2D eigenvalue weighted by molar-refractivity contribution is -0.113. The fourth-order valence-corrected chi connectivity index (χ4v) is 4.47. The second-order valence-corrected chi connectivity index (χ2v) is 9.85. The smallest absolute Gasteiger partial charge is 0.251 e. The minimum absolute atomic E-state index is 0.0716. The van der Waals surface area contributed by atoms with Crippen molar-refractivity contribution in [3.8, 4) is 0 Å².